The molecule has 1 unspecified atom stereocenters. The standard InChI is InChI=1S/C17H17N3O3/c1-10-5-3-4-6-13(10)19-14-8-7-11(2)20-15(14)18-9-12(16(20)21)17(22)23/h3-6,9,11H,7-8H2,1-2H3,(H,22,23). The molecular weight excluding hydrogens is 294 g/mol. The monoisotopic (exact) mass is 311 g/mol. The van der Waals surface area contributed by atoms with Gasteiger partial charge in [-0.2, -0.15) is 0 Å². The number of nitrogens with zero attached hydrogens (tertiary/aromatic N) is 3. The summed E-state index contributed by atoms with van der Waals surface area (Å²) in [5.74, 6) is -0.796. The van der Waals surface area contributed by atoms with Gasteiger partial charge in [-0.1, -0.05) is 18.2 Å². The van der Waals surface area contributed by atoms with Gasteiger partial charge >= 0.3 is 5.97 Å². The van der Waals surface area contributed by atoms with Gasteiger partial charge < -0.3 is 5.11 Å². The topological polar surface area (TPSA) is 84.6 Å². The largest absolute Gasteiger partial charge is 0.477 e. The van der Waals surface area contributed by atoms with Crippen molar-refractivity contribution in [2.75, 3.05) is 0 Å². The van der Waals surface area contributed by atoms with Crippen LogP contribution >= 0.6 is 0 Å². The van der Waals surface area contributed by atoms with Crippen LogP contribution in [0.1, 0.15) is 47.6 Å². The number of hydrogen-bond donors (Lipinski definition) is 1. The summed E-state index contributed by atoms with van der Waals surface area (Å²) in [5, 5.41) is 9.11. The fourth-order valence-electron chi connectivity index (χ4n) is 2.76. The molecule has 6 nitrogen and oxygen atoms in total. The minimum atomic E-state index is -1.26. The Morgan fingerprint density at radius 1 is 1.39 bits per heavy atom. The minimum absolute atomic E-state index is 0.0971. The van der Waals surface area contributed by atoms with Crippen LogP contribution in [0.5, 0.6) is 0 Å². The Kier molecular flexibility index (Phi) is 3.82. The van der Waals surface area contributed by atoms with E-state index in [0.717, 1.165) is 23.9 Å². The lowest BCUT2D eigenvalue weighted by Crippen LogP contribution is -2.37. The van der Waals surface area contributed by atoms with Gasteiger partial charge in [0.05, 0.1) is 11.4 Å². The number of carboxylic acids is 1. The Labute approximate surface area is 133 Å². The summed E-state index contributed by atoms with van der Waals surface area (Å²) in [6.07, 6.45) is 2.55. The van der Waals surface area contributed by atoms with E-state index in [0.29, 0.717) is 18.0 Å². The third-order valence-electron chi connectivity index (χ3n) is 4.09. The number of hydrogen-bond acceptors (Lipinski definition) is 4. The smallest absolute Gasteiger partial charge is 0.342 e. The van der Waals surface area contributed by atoms with Crippen molar-refractivity contribution in [3.63, 3.8) is 0 Å². The summed E-state index contributed by atoms with van der Waals surface area (Å²) in [4.78, 5) is 32.4. The zero-order chi connectivity index (χ0) is 16.6. The fourth-order valence-corrected chi connectivity index (χ4v) is 2.76. The molecule has 0 spiro atoms. The quantitative estimate of drug-likeness (QED) is 0.924. The van der Waals surface area contributed by atoms with Gasteiger partial charge in [-0.3, -0.25) is 9.36 Å². The van der Waals surface area contributed by atoms with Gasteiger partial charge in [-0.25, -0.2) is 14.8 Å². The molecule has 1 atom stereocenters. The van der Waals surface area contributed by atoms with Gasteiger partial charge in [0, 0.05) is 12.2 Å². The zero-order valence-corrected chi connectivity index (χ0v) is 13.0. The highest BCUT2D eigenvalue weighted by Crippen LogP contribution is 2.25. The van der Waals surface area contributed by atoms with Gasteiger partial charge in [0.25, 0.3) is 5.56 Å². The second-order valence-corrected chi connectivity index (χ2v) is 5.71. The Balaban J connectivity index is 2.18. The van der Waals surface area contributed by atoms with Gasteiger partial charge in [-0.15, -0.1) is 0 Å². The summed E-state index contributed by atoms with van der Waals surface area (Å²) >= 11 is 0. The summed E-state index contributed by atoms with van der Waals surface area (Å²) in [5.41, 5.74) is 1.76. The SMILES string of the molecule is Cc1ccccc1N=C1CCC(C)n2c1ncc(C(=O)O)c2=O. The van der Waals surface area contributed by atoms with Crippen LogP contribution in [0.15, 0.2) is 40.2 Å². The number of carboxylic acid groups (broad SMARTS) is 1. The predicted octanol–water partition coefficient (Wildman–Crippen LogP) is 2.73. The van der Waals surface area contributed by atoms with Crippen LogP contribution in [0.3, 0.4) is 0 Å². The minimum Gasteiger partial charge on any atom is -0.477 e. The molecule has 3 rings (SSSR count). The predicted molar refractivity (Wildman–Crippen MR) is 86.8 cm³/mol. The lowest BCUT2D eigenvalue weighted by molar-refractivity contribution is 0.0693. The Bertz CT molecular complexity index is 868. The van der Waals surface area contributed by atoms with Gasteiger partial charge in [0.2, 0.25) is 0 Å². The Morgan fingerprint density at radius 2 is 2.13 bits per heavy atom. The molecule has 0 saturated heterocycles. The summed E-state index contributed by atoms with van der Waals surface area (Å²) < 4.78 is 1.45. The van der Waals surface area contributed by atoms with Gasteiger partial charge in [0.1, 0.15) is 5.56 Å². The Morgan fingerprint density at radius 3 is 2.83 bits per heavy atom. The van der Waals surface area contributed by atoms with Crippen LogP contribution in [-0.4, -0.2) is 26.3 Å². The fraction of sp³-hybridized carbons (Fsp3) is 0.294. The van der Waals surface area contributed by atoms with Crippen molar-refractivity contribution < 1.29 is 9.90 Å². The van der Waals surface area contributed by atoms with Crippen LogP contribution in [0.25, 0.3) is 0 Å². The van der Waals surface area contributed by atoms with E-state index in [2.05, 4.69) is 9.98 Å². The van der Waals surface area contributed by atoms with Crippen molar-refractivity contribution in [1.82, 2.24) is 9.55 Å². The number of para-hydroxylation sites is 1. The van der Waals surface area contributed by atoms with Gasteiger partial charge in [-0.05, 0) is 38.3 Å². The number of carbonyl (C=O) groups is 1. The number of rotatable bonds is 2. The number of fused-ring (bicyclic) bond motifs is 1. The van der Waals surface area contributed by atoms with E-state index < -0.39 is 11.5 Å². The third kappa shape index (κ3) is 2.67. The molecule has 1 aromatic heterocycles. The average Bonchev–Trinajstić information content (AvgIpc) is 2.51. The van der Waals surface area contributed by atoms with Crippen molar-refractivity contribution >= 4 is 17.4 Å². The number of aromatic carboxylic acids is 1. The molecule has 0 aliphatic carbocycles. The van der Waals surface area contributed by atoms with Crippen LogP contribution in [0.4, 0.5) is 5.69 Å². The van der Waals surface area contributed by atoms with E-state index in [1.165, 1.54) is 4.57 Å². The van der Waals surface area contributed by atoms with E-state index >= 15 is 0 Å². The lowest BCUT2D eigenvalue weighted by Gasteiger charge is -2.25. The Hall–Kier alpha value is -2.76. The second kappa shape index (κ2) is 5.79. The highest BCUT2D eigenvalue weighted by atomic mass is 16.4. The second-order valence-electron chi connectivity index (χ2n) is 5.71. The van der Waals surface area contributed by atoms with Crippen LogP contribution < -0.4 is 5.56 Å². The third-order valence-corrected chi connectivity index (χ3v) is 4.09. The first-order chi connectivity index (χ1) is 11.0. The highest BCUT2D eigenvalue weighted by Gasteiger charge is 2.26. The molecule has 0 radical (unpaired) electrons. The maximum atomic E-state index is 12.4. The summed E-state index contributed by atoms with van der Waals surface area (Å²) in [6.45, 7) is 3.86. The van der Waals surface area contributed by atoms with E-state index in [1.807, 2.05) is 38.1 Å². The van der Waals surface area contributed by atoms with E-state index in [4.69, 9.17) is 5.11 Å². The number of benzene rings is 1. The molecule has 0 bridgehead atoms. The molecule has 0 amide bonds. The van der Waals surface area contributed by atoms with Crippen molar-refractivity contribution in [3.8, 4) is 0 Å². The molecule has 118 valence electrons. The normalized spacial score (nSPS) is 18.7. The maximum absolute atomic E-state index is 12.4. The van der Waals surface area contributed by atoms with Crippen LogP contribution in [0.2, 0.25) is 0 Å². The van der Waals surface area contributed by atoms with E-state index in [-0.39, 0.29) is 11.6 Å². The summed E-state index contributed by atoms with van der Waals surface area (Å²) in [6, 6.07) is 7.64. The molecule has 0 fully saturated rings. The molecule has 1 aliphatic rings. The van der Waals surface area contributed by atoms with Crippen LogP contribution in [0, 0.1) is 6.92 Å². The number of aliphatic imine (C=N–C) groups is 1. The molecule has 1 aromatic carbocycles. The molecule has 1 N–H and O–H groups in total. The highest BCUT2D eigenvalue weighted by molar-refractivity contribution is 6.00. The van der Waals surface area contributed by atoms with Gasteiger partial charge in [0.15, 0.2) is 5.82 Å². The number of aromatic nitrogens is 2. The lowest BCUT2D eigenvalue weighted by atomic mass is 10.0. The molecular formula is C17H17N3O3. The first kappa shape index (κ1) is 15.1. The van der Waals surface area contributed by atoms with Crippen molar-refractivity contribution in [3.05, 3.63) is 57.8 Å². The first-order valence-electron chi connectivity index (χ1n) is 7.47. The molecule has 6 heteroatoms. The van der Waals surface area contributed by atoms with Crippen molar-refractivity contribution in [2.24, 2.45) is 4.99 Å². The molecule has 1 aliphatic heterocycles. The number of aryl methyl sites for hydroxylation is 1. The molecule has 2 aromatic rings. The molecule has 23 heavy (non-hydrogen) atoms. The zero-order valence-electron chi connectivity index (χ0n) is 13.0. The molecule has 2 heterocycles. The average molecular weight is 311 g/mol. The molecule has 0 saturated carbocycles. The van der Waals surface area contributed by atoms with E-state index in [9.17, 15) is 9.59 Å². The summed E-state index contributed by atoms with van der Waals surface area (Å²) in [7, 11) is 0. The van der Waals surface area contributed by atoms with Crippen LogP contribution in [-0.2, 0) is 0 Å². The first-order valence-corrected chi connectivity index (χ1v) is 7.47. The van der Waals surface area contributed by atoms with E-state index in [1.54, 1.807) is 0 Å². The maximum Gasteiger partial charge on any atom is 0.342 e. The van der Waals surface area contributed by atoms with Crippen molar-refractivity contribution in [2.45, 2.75) is 32.7 Å². The van der Waals surface area contributed by atoms with Crippen molar-refractivity contribution in [1.29, 1.82) is 0 Å².